The Balaban J connectivity index is 0.000000161. The molecule has 1 saturated carbocycles. The number of aryl methyl sites for hydroxylation is 4. The third-order valence-corrected chi connectivity index (χ3v) is 30.0. The molecule has 64 heteroatoms. The molecule has 8 N–H and O–H groups in total. The molecule has 141 heavy (non-hydrogen) atoms. The maximum absolute atomic E-state index is 16.5. The van der Waals surface area contributed by atoms with Crippen LogP contribution in [0, 0.1) is 52.4 Å². The number of para-hydroxylation sites is 1. The van der Waals surface area contributed by atoms with Gasteiger partial charge in [-0.1, -0.05) is 36.5 Å². The van der Waals surface area contributed by atoms with Gasteiger partial charge in [-0.25, -0.2) is 102 Å². The average Bonchev–Trinajstić information content (AvgIpc) is 1.56. The van der Waals surface area contributed by atoms with E-state index < -0.39 is 198 Å². The number of phosphoric ester groups is 3. The minimum absolute atomic E-state index is 0.000598. The molecule has 7 aliphatic rings. The number of halogens is 8. The molecule has 6 aliphatic heterocycles. The number of phosphoric acid groups is 5. The molecule has 3 unspecified atom stereocenters. The number of rotatable bonds is 30. The molecule has 1 aliphatic carbocycles. The third kappa shape index (κ3) is 23.0. The normalized spacial score (nSPS) is 31.9. The van der Waals surface area contributed by atoms with Crippen molar-refractivity contribution in [2.75, 3.05) is 46.2 Å². The van der Waals surface area contributed by atoms with Crippen LogP contribution in [-0.2, 0) is 101 Å². The molecular formula is C77H97F8N17O33P6. The van der Waals surface area contributed by atoms with Crippen molar-refractivity contribution < 1.29 is 184 Å². The number of H-pyrrole nitrogens is 1. The Kier molecular flexibility index (Phi) is 31.9. The lowest BCUT2D eigenvalue weighted by Crippen LogP contribution is -2.51. The number of imidazole rings is 4. The molecule has 16 rings (SSSR count). The third-order valence-electron chi connectivity index (χ3n) is 21.5. The highest BCUT2D eigenvalue weighted by molar-refractivity contribution is 7.66. The molecule has 14 heterocycles. The highest BCUT2D eigenvalue weighted by Crippen LogP contribution is 2.69. The molecule has 0 bridgehead atoms. The van der Waals surface area contributed by atoms with Crippen LogP contribution in [0.25, 0.3) is 44.7 Å². The van der Waals surface area contributed by atoms with Crippen LogP contribution in [0.3, 0.4) is 0 Å². The number of carbonyl (C=O) groups excluding carboxylic acids is 1. The Hall–Kier alpha value is -9.01. The van der Waals surface area contributed by atoms with Crippen LogP contribution < -0.4 is 29.4 Å². The van der Waals surface area contributed by atoms with Crippen LogP contribution in [0.1, 0.15) is 150 Å². The van der Waals surface area contributed by atoms with Crippen molar-refractivity contribution in [1.82, 2.24) is 83.2 Å². The van der Waals surface area contributed by atoms with Gasteiger partial charge in [0.05, 0.1) is 57.3 Å². The molecule has 0 spiro atoms. The summed E-state index contributed by atoms with van der Waals surface area (Å²) in [5.41, 5.74) is -11.9. The molecule has 774 valence electrons. The van der Waals surface area contributed by atoms with Crippen molar-refractivity contribution >= 4 is 97.5 Å². The Morgan fingerprint density at radius 2 is 0.950 bits per heavy atom. The SMILES string of the molecule is C#C[C@]1(F)[C@H](n2cnc3c(=O)[nH]c(C)nc32)O[C@](F)(COP(=O)(O)OP(=O)(O)OP(=O)(O)O)[C@H]1O.C#C[C@]1(F)[C@H](n2cnc3c(OCC)nc(C)nc32)O[C@](F)(CO[P@@](=O)(NC(C)C(=O)OC2CCCCC2)Oc2ccccc2)[C@H]1O.CCOc1nc(C)nc2c1ncn2[C@@H]1O[C@]2(F)CO[P@@](=O)(OC(C)C)O[C@H]2[C@@]1(C)F.CCOc1nc(C)nc2c1ncn2[C@@H]1O[C@]2(F)CO[P@](=O)(OC(C)C)O[C@H]2[C@@]1(C)F. The number of aliphatic hydroxyl groups is 2. The number of aliphatic hydroxyl groups excluding tert-OH is 2. The van der Waals surface area contributed by atoms with Crippen LogP contribution in [0.2, 0.25) is 0 Å². The molecule has 50 nitrogen and oxygen atoms in total. The van der Waals surface area contributed by atoms with E-state index in [1.54, 1.807) is 93.4 Å². The number of fused-ring (bicyclic) bond motifs is 6. The minimum Gasteiger partial charge on any atom is -0.476 e. The molecular weight excluding hydrogens is 2030 g/mol. The number of aromatic nitrogens is 16. The van der Waals surface area contributed by atoms with Gasteiger partial charge < -0.3 is 77.2 Å². The summed E-state index contributed by atoms with van der Waals surface area (Å²) >= 11 is 0. The van der Waals surface area contributed by atoms with Crippen LogP contribution >= 0.6 is 46.9 Å². The second-order valence-electron chi connectivity index (χ2n) is 33.2. The number of ether oxygens (including phenoxy) is 8. The van der Waals surface area contributed by atoms with Crippen molar-refractivity contribution in [3.8, 4) is 48.1 Å². The molecule has 8 aromatic heterocycles. The summed E-state index contributed by atoms with van der Waals surface area (Å²) in [7, 11) is -30.5. The van der Waals surface area contributed by atoms with E-state index in [9.17, 15) is 52.1 Å². The molecule has 1 aromatic carbocycles. The van der Waals surface area contributed by atoms with E-state index >= 15 is 35.1 Å². The van der Waals surface area contributed by atoms with Crippen LogP contribution in [0.15, 0.2) is 60.4 Å². The summed E-state index contributed by atoms with van der Waals surface area (Å²) in [5, 5.41) is 23.6. The first-order valence-electron chi connectivity index (χ1n) is 42.7. The van der Waals surface area contributed by atoms with Crippen molar-refractivity contribution in [2.45, 2.75) is 249 Å². The zero-order chi connectivity index (χ0) is 104. The molecule has 0 radical (unpaired) electrons. The topological polar surface area (TPSA) is 623 Å². The van der Waals surface area contributed by atoms with E-state index in [4.69, 9.17) is 102 Å². The molecule has 0 amide bonds. The summed E-state index contributed by atoms with van der Waals surface area (Å²) < 4.78 is 300. The zero-order valence-corrected chi connectivity index (χ0v) is 82.3. The first-order valence-corrected chi connectivity index (χ1v) is 51.7. The first kappa shape index (κ1) is 109. The maximum Gasteiger partial charge on any atom is 0.490 e. The van der Waals surface area contributed by atoms with Crippen molar-refractivity contribution in [1.29, 1.82) is 0 Å². The fraction of sp³-hybridized carbons (Fsp3) is 0.597. The predicted octanol–water partition coefficient (Wildman–Crippen LogP) is 11.0. The van der Waals surface area contributed by atoms with Crippen molar-refractivity contribution in [3.05, 3.63) is 89.3 Å². The van der Waals surface area contributed by atoms with Gasteiger partial charge >= 0.3 is 52.8 Å². The number of nitrogens with one attached hydrogen (secondary N) is 2. The Bertz CT molecular complexity index is 6440. The fourth-order valence-electron chi connectivity index (χ4n) is 15.5. The standard InChI is InChI=1S/C30H36F2N5O8P.2C17H23F2N4O6P.C13H15F2N4O13P3/c1-5-29(31)27(39)30(32,44-28(29)37-18-33-23-24(37)34-20(4)35-25(23)41-6-2)17-42-46(40,45-22-15-11-8-12-16-22)36-19(3)26(38)43-21-13-9-7-10-14-21;2*1-6-25-13-11-12(21-10(4)22-13)23(8-20-11)15-16(5,18)14-17(19,27-15)7-26-30(24,29-14)28-9(2)3;1-3-12(14)10(21)13(15,4-29-34(25,26)32-35(27,28)31-33(22,23)24)30-11(12)19-5-16-7-8(19)17-6(2)18-9(7)20/h1,8,11-12,15-16,18-19,21,27-28,39H,6-7,9-10,13-14,17H2,2-4H3,(H,36,40);2*8-9,14-15H,6-7H2,1-5H3;1,5,10-11,21H,4H2,2H3,(H,25,26)(H,27,28)(H,17,18,20)(H2,22,23,24)/t19?,27-,28+,29+,30+,46-;14-,15+,16+,17+,30+;14-,15+,16+,17+,30-;10-,11+,12+,13+/m0000/s1. The van der Waals surface area contributed by atoms with E-state index in [1.165, 1.54) is 53.7 Å². The zero-order valence-electron chi connectivity index (χ0n) is 76.9. The number of hydrogen-bond donors (Lipinski definition) is 8. The maximum atomic E-state index is 16.5. The van der Waals surface area contributed by atoms with Crippen LogP contribution in [0.5, 0.6) is 23.4 Å². The number of benzene rings is 1. The smallest absolute Gasteiger partial charge is 0.476 e. The number of esters is 1. The molecule has 9 aromatic rings. The van der Waals surface area contributed by atoms with E-state index in [1.807, 2.05) is 0 Å². The summed E-state index contributed by atoms with van der Waals surface area (Å²) in [6.07, 6.45) is 1.33. The van der Waals surface area contributed by atoms with Crippen molar-refractivity contribution in [2.24, 2.45) is 0 Å². The van der Waals surface area contributed by atoms with Gasteiger partial charge in [0.25, 0.3) is 29.0 Å². The fourth-order valence-corrected chi connectivity index (χ4v) is 23.3. The summed E-state index contributed by atoms with van der Waals surface area (Å²) in [5.74, 6) is -8.35. The lowest BCUT2D eigenvalue weighted by Gasteiger charge is -2.36. The van der Waals surface area contributed by atoms with Gasteiger partial charge in [0.2, 0.25) is 29.0 Å². The van der Waals surface area contributed by atoms with Crippen LogP contribution in [0.4, 0.5) is 35.1 Å². The number of nitrogens with zero attached hydrogens (tertiary/aromatic N) is 15. The highest BCUT2D eigenvalue weighted by Gasteiger charge is 2.74. The lowest BCUT2D eigenvalue weighted by molar-refractivity contribution is -0.220. The molecule has 22 atom stereocenters. The van der Waals surface area contributed by atoms with E-state index in [2.05, 4.69) is 78.0 Å². The summed E-state index contributed by atoms with van der Waals surface area (Å²) in [6.45, 7) is 17.5. The number of carbonyl (C=O) groups is 1. The van der Waals surface area contributed by atoms with Gasteiger partial charge in [0.1, 0.15) is 67.6 Å². The highest BCUT2D eigenvalue weighted by atomic mass is 31.3. The largest absolute Gasteiger partial charge is 0.490 e. The number of aromatic amines is 1. The molecule has 6 saturated heterocycles. The summed E-state index contributed by atoms with van der Waals surface area (Å²) in [6, 6.07) is 6.56. The Morgan fingerprint density at radius 1 is 0.560 bits per heavy atom. The number of terminal acetylenes is 2. The van der Waals surface area contributed by atoms with E-state index in [0.29, 0.717) is 42.3 Å². The van der Waals surface area contributed by atoms with Gasteiger partial charge in [-0.3, -0.25) is 64.0 Å². The Morgan fingerprint density at radius 3 is 1.34 bits per heavy atom. The second-order valence-corrected chi connectivity index (χ2v) is 42.5. The Labute approximate surface area is 794 Å². The predicted molar refractivity (Wildman–Crippen MR) is 464 cm³/mol. The first-order chi connectivity index (χ1) is 65.7. The monoisotopic (exact) mass is 2130 g/mol. The van der Waals surface area contributed by atoms with Gasteiger partial charge in [-0.2, -0.15) is 28.7 Å². The van der Waals surface area contributed by atoms with Gasteiger partial charge in [0.15, 0.2) is 105 Å². The van der Waals surface area contributed by atoms with Crippen molar-refractivity contribution in [3.63, 3.8) is 0 Å². The lowest BCUT2D eigenvalue weighted by atomic mass is 9.96. The van der Waals surface area contributed by atoms with Gasteiger partial charge in [0, 0.05) is 0 Å². The summed E-state index contributed by atoms with van der Waals surface area (Å²) in [4.78, 5) is 108. The van der Waals surface area contributed by atoms with Crippen LogP contribution in [-0.4, -0.2) is 255 Å². The second kappa shape index (κ2) is 41.1. The van der Waals surface area contributed by atoms with E-state index in [-0.39, 0.29) is 92.4 Å². The van der Waals surface area contributed by atoms with Gasteiger partial charge in [-0.15, -0.1) is 12.8 Å². The number of alkyl halides is 8. The average molecular weight is 2130 g/mol. The number of hydrogen-bond acceptors (Lipinski definition) is 40. The quantitative estimate of drug-likeness (QED) is 0.00897. The molecule has 7 fully saturated rings. The van der Waals surface area contributed by atoms with E-state index in [0.717, 1.165) is 50.3 Å². The minimum atomic E-state index is -5.94. The van der Waals surface area contributed by atoms with Gasteiger partial charge in [-0.05, 0) is 135 Å².